The first-order valence-electron chi connectivity index (χ1n) is 10.8. The van der Waals surface area contributed by atoms with Crippen LogP contribution in [0.25, 0.3) is 32.4 Å². The van der Waals surface area contributed by atoms with Crippen molar-refractivity contribution in [3.8, 4) is 35.6 Å². The van der Waals surface area contributed by atoms with E-state index in [0.717, 1.165) is 26.7 Å². The van der Waals surface area contributed by atoms with Crippen LogP contribution in [-0.4, -0.2) is 39.0 Å². The topological polar surface area (TPSA) is 106 Å². The number of nitrogens with two attached hydrogens (primary N) is 1. The Hall–Kier alpha value is -3.98. The highest BCUT2D eigenvalue weighted by Crippen LogP contribution is 2.41. The molecule has 1 aromatic carbocycles. The Kier molecular flexibility index (Phi) is 5.21. The van der Waals surface area contributed by atoms with Gasteiger partial charge in [-0.05, 0) is 56.9 Å². The molecule has 0 unspecified atom stereocenters. The van der Waals surface area contributed by atoms with Crippen molar-refractivity contribution in [2.75, 3.05) is 11.9 Å². The lowest BCUT2D eigenvalue weighted by Crippen LogP contribution is -2.34. The maximum Gasteiger partial charge on any atom is 0.263 e. The number of amides is 1. The molecule has 0 aliphatic carbocycles. The molecule has 5 rings (SSSR count). The molecular formula is C26H22N6OS. The second-order valence-electron chi connectivity index (χ2n) is 8.84. The molecule has 4 N–H and O–H groups in total. The largest absolute Gasteiger partial charge is 0.381 e. The van der Waals surface area contributed by atoms with Gasteiger partial charge in [-0.25, -0.2) is 15.0 Å². The van der Waals surface area contributed by atoms with E-state index < -0.39 is 5.54 Å². The summed E-state index contributed by atoms with van der Waals surface area (Å²) in [6.07, 6.45) is 5.58. The number of thiophene rings is 1. The predicted molar refractivity (Wildman–Crippen MR) is 137 cm³/mol. The van der Waals surface area contributed by atoms with Gasteiger partial charge >= 0.3 is 0 Å². The zero-order valence-electron chi connectivity index (χ0n) is 19.0. The van der Waals surface area contributed by atoms with Crippen molar-refractivity contribution < 1.29 is 4.79 Å². The molecule has 4 heterocycles. The number of nitrogens with one attached hydrogen (secondary N) is 2. The van der Waals surface area contributed by atoms with Crippen molar-refractivity contribution in [3.05, 3.63) is 46.7 Å². The molecule has 1 amide bonds. The van der Waals surface area contributed by atoms with Crippen LogP contribution >= 0.6 is 11.3 Å². The molecule has 168 valence electrons. The van der Waals surface area contributed by atoms with Gasteiger partial charge in [-0.2, -0.15) is 0 Å². The van der Waals surface area contributed by atoms with Crippen LogP contribution in [0.5, 0.6) is 0 Å². The molecule has 1 aliphatic heterocycles. The first kappa shape index (κ1) is 21.8. The average Bonchev–Trinajstić information content (AvgIpc) is 3.13. The molecule has 1 atom stereocenters. The summed E-state index contributed by atoms with van der Waals surface area (Å²) in [6.45, 7) is 6.28. The molecular weight excluding hydrogens is 444 g/mol. The monoisotopic (exact) mass is 466 g/mol. The molecule has 1 aliphatic rings. The minimum absolute atomic E-state index is 0.0482. The van der Waals surface area contributed by atoms with Crippen LogP contribution in [0.1, 0.15) is 42.0 Å². The fourth-order valence-corrected chi connectivity index (χ4v) is 4.90. The number of rotatable bonds is 1. The Morgan fingerprint density at radius 1 is 1.18 bits per heavy atom. The van der Waals surface area contributed by atoms with Gasteiger partial charge in [0.1, 0.15) is 10.6 Å². The van der Waals surface area contributed by atoms with Crippen molar-refractivity contribution in [2.45, 2.75) is 32.4 Å². The molecule has 0 bridgehead atoms. The standard InChI is InChI=1S/C26H22N6OS/c1-5-21-30-15(10-11-26(3,4)27)12-19(32-21)18-7-6-16-17(31-18)8-9-20-22(16)23-24(34-20)25(33)29-14(2)13-28-23/h1,6-9,12,14,28H,13,27H2,2-4H3,(H,29,33)/t14-/m1/s1. The minimum Gasteiger partial charge on any atom is -0.381 e. The highest BCUT2D eigenvalue weighted by Gasteiger charge is 2.24. The number of benzene rings is 1. The SMILES string of the molecule is C#Cc1nc(C#CC(C)(C)N)cc(-c2ccc3c(ccc4sc5c(c43)NC[C@@H](C)NC5=O)n2)n1. The van der Waals surface area contributed by atoms with Crippen molar-refractivity contribution in [1.82, 2.24) is 20.3 Å². The highest BCUT2D eigenvalue weighted by atomic mass is 32.1. The van der Waals surface area contributed by atoms with Crippen molar-refractivity contribution >= 4 is 43.9 Å². The molecule has 4 aromatic rings. The summed E-state index contributed by atoms with van der Waals surface area (Å²) >= 11 is 1.48. The molecule has 7 nitrogen and oxygen atoms in total. The molecule has 3 aromatic heterocycles. The second kappa shape index (κ2) is 8.11. The van der Waals surface area contributed by atoms with E-state index in [9.17, 15) is 4.79 Å². The van der Waals surface area contributed by atoms with Crippen LogP contribution in [0.15, 0.2) is 30.3 Å². The number of anilines is 1. The van der Waals surface area contributed by atoms with Gasteiger partial charge in [0.05, 0.1) is 28.1 Å². The Morgan fingerprint density at radius 3 is 2.76 bits per heavy atom. The van der Waals surface area contributed by atoms with Crippen LogP contribution in [0.4, 0.5) is 5.69 Å². The number of pyridine rings is 1. The maximum absolute atomic E-state index is 12.7. The van der Waals surface area contributed by atoms with E-state index in [1.807, 2.05) is 45.0 Å². The van der Waals surface area contributed by atoms with Gasteiger partial charge in [0.25, 0.3) is 5.91 Å². The zero-order chi connectivity index (χ0) is 24.0. The first-order valence-corrected chi connectivity index (χ1v) is 11.6. The lowest BCUT2D eigenvalue weighted by molar-refractivity contribution is 0.0949. The Bertz CT molecular complexity index is 1580. The normalized spacial score (nSPS) is 15.5. The predicted octanol–water partition coefficient (Wildman–Crippen LogP) is 3.52. The second-order valence-corrected chi connectivity index (χ2v) is 9.89. The third-order valence-electron chi connectivity index (χ3n) is 5.32. The summed E-state index contributed by atoms with van der Waals surface area (Å²) < 4.78 is 1.03. The maximum atomic E-state index is 12.7. The van der Waals surface area contributed by atoms with Gasteiger partial charge in [0.2, 0.25) is 5.82 Å². The lowest BCUT2D eigenvalue weighted by atomic mass is 10.1. The average molecular weight is 467 g/mol. The number of terminal acetylenes is 1. The van der Waals surface area contributed by atoms with Gasteiger partial charge < -0.3 is 16.4 Å². The summed E-state index contributed by atoms with van der Waals surface area (Å²) in [6, 6.07) is 9.67. The van der Waals surface area contributed by atoms with E-state index in [1.165, 1.54) is 11.3 Å². The van der Waals surface area contributed by atoms with Crippen molar-refractivity contribution in [2.24, 2.45) is 5.73 Å². The van der Waals surface area contributed by atoms with E-state index in [1.54, 1.807) is 6.07 Å². The van der Waals surface area contributed by atoms with Crippen LogP contribution < -0.4 is 16.4 Å². The summed E-state index contributed by atoms with van der Waals surface area (Å²) in [5, 5.41) is 8.43. The number of nitrogens with zero attached hydrogens (tertiary/aromatic N) is 3. The van der Waals surface area contributed by atoms with Crippen LogP contribution in [0.2, 0.25) is 0 Å². The van der Waals surface area contributed by atoms with Gasteiger partial charge in [0, 0.05) is 34.1 Å². The third-order valence-corrected chi connectivity index (χ3v) is 6.48. The van der Waals surface area contributed by atoms with Gasteiger partial charge in [-0.3, -0.25) is 4.79 Å². The van der Waals surface area contributed by atoms with Crippen molar-refractivity contribution in [1.29, 1.82) is 0 Å². The van der Waals surface area contributed by atoms with E-state index >= 15 is 0 Å². The Morgan fingerprint density at radius 2 is 2.00 bits per heavy atom. The quantitative estimate of drug-likeness (QED) is 0.371. The number of hydrogen-bond acceptors (Lipinski definition) is 7. The number of carbonyl (C=O) groups excluding carboxylic acids is 1. The molecule has 8 heteroatoms. The van der Waals surface area contributed by atoms with E-state index in [0.29, 0.717) is 28.5 Å². The van der Waals surface area contributed by atoms with E-state index in [2.05, 4.69) is 38.4 Å². The third kappa shape index (κ3) is 4.06. The fourth-order valence-electron chi connectivity index (χ4n) is 3.80. The zero-order valence-corrected chi connectivity index (χ0v) is 19.8. The summed E-state index contributed by atoms with van der Waals surface area (Å²) in [5.74, 6) is 8.62. The number of aromatic nitrogens is 3. The molecule has 0 fully saturated rings. The first-order chi connectivity index (χ1) is 16.2. The van der Waals surface area contributed by atoms with Crippen LogP contribution in [0.3, 0.4) is 0 Å². The van der Waals surface area contributed by atoms with E-state index in [-0.39, 0.29) is 17.8 Å². The summed E-state index contributed by atoms with van der Waals surface area (Å²) in [4.78, 5) is 27.0. The smallest absolute Gasteiger partial charge is 0.263 e. The highest BCUT2D eigenvalue weighted by molar-refractivity contribution is 7.21. The number of hydrogen-bond donors (Lipinski definition) is 3. The Balaban J connectivity index is 1.65. The minimum atomic E-state index is -0.657. The summed E-state index contributed by atoms with van der Waals surface area (Å²) in [7, 11) is 0. The molecule has 0 saturated heterocycles. The summed E-state index contributed by atoms with van der Waals surface area (Å²) in [5.41, 5.74) is 8.70. The molecule has 0 spiro atoms. The van der Waals surface area contributed by atoms with Crippen molar-refractivity contribution in [3.63, 3.8) is 0 Å². The van der Waals surface area contributed by atoms with Gasteiger partial charge in [0.15, 0.2) is 0 Å². The van der Waals surface area contributed by atoms with Gasteiger partial charge in [-0.15, -0.1) is 17.8 Å². The van der Waals surface area contributed by atoms with Gasteiger partial charge in [-0.1, -0.05) is 5.92 Å². The number of carbonyl (C=O) groups is 1. The molecule has 0 saturated carbocycles. The van der Waals surface area contributed by atoms with E-state index in [4.69, 9.17) is 17.1 Å². The van der Waals surface area contributed by atoms with Crippen LogP contribution in [-0.2, 0) is 0 Å². The fraction of sp³-hybridized carbons (Fsp3) is 0.231. The van der Waals surface area contributed by atoms with Crippen LogP contribution in [0, 0.1) is 24.2 Å². The lowest BCUT2D eigenvalue weighted by Gasteiger charge is -2.10. The Labute approximate surface area is 201 Å². The number of fused-ring (bicyclic) bond motifs is 5. The molecule has 34 heavy (non-hydrogen) atoms. The molecule has 0 radical (unpaired) electrons.